The van der Waals surface area contributed by atoms with E-state index in [1.165, 1.54) is 0 Å². The van der Waals surface area contributed by atoms with Gasteiger partial charge in [0.1, 0.15) is 0 Å². The van der Waals surface area contributed by atoms with Gasteiger partial charge in [0.2, 0.25) is 0 Å². The van der Waals surface area contributed by atoms with Gasteiger partial charge in [-0.05, 0) is 18.1 Å². The average molecular weight is 220 g/mol. The molecule has 1 amide bonds. The molecule has 4 heteroatoms. The highest BCUT2D eigenvalue weighted by molar-refractivity contribution is 5.94. The first-order chi connectivity index (χ1) is 7.81. The van der Waals surface area contributed by atoms with Crippen LogP contribution in [0.5, 0.6) is 0 Å². The van der Waals surface area contributed by atoms with E-state index in [9.17, 15) is 4.79 Å². The topological polar surface area (TPSA) is 42.4 Å². The van der Waals surface area contributed by atoms with Crippen LogP contribution in [0.2, 0.25) is 0 Å². The van der Waals surface area contributed by atoms with Gasteiger partial charge in [-0.2, -0.15) is 0 Å². The molecule has 0 aromatic carbocycles. The van der Waals surface area contributed by atoms with Gasteiger partial charge in [0.25, 0.3) is 5.91 Å². The Morgan fingerprint density at radius 3 is 2.88 bits per heavy atom. The maximum Gasteiger partial charge on any atom is 0.255 e. The lowest BCUT2D eigenvalue weighted by atomic mass is 10.1. The van der Waals surface area contributed by atoms with Crippen molar-refractivity contribution in [3.8, 4) is 0 Å². The average Bonchev–Trinajstić information content (AvgIpc) is 2.39. The second kappa shape index (κ2) is 5.07. The molecule has 0 bridgehead atoms. The van der Waals surface area contributed by atoms with Crippen LogP contribution in [0.1, 0.15) is 22.8 Å². The number of aryl methyl sites for hydroxylation is 1. The van der Waals surface area contributed by atoms with Gasteiger partial charge in [-0.3, -0.25) is 9.78 Å². The Morgan fingerprint density at radius 2 is 2.19 bits per heavy atom. The van der Waals surface area contributed by atoms with E-state index < -0.39 is 0 Å². The Balaban J connectivity index is 2.12. The minimum atomic E-state index is 0.0612. The van der Waals surface area contributed by atoms with E-state index in [1.807, 2.05) is 11.0 Å². The third kappa shape index (κ3) is 2.39. The minimum absolute atomic E-state index is 0.0612. The molecule has 0 saturated carbocycles. The van der Waals surface area contributed by atoms with Crippen LogP contribution < -0.4 is 0 Å². The van der Waals surface area contributed by atoms with Gasteiger partial charge in [-0.15, -0.1) is 0 Å². The molecule has 0 N–H and O–H groups in total. The van der Waals surface area contributed by atoms with Crippen LogP contribution in [0.15, 0.2) is 18.5 Å². The van der Waals surface area contributed by atoms with Crippen LogP contribution in [0.3, 0.4) is 0 Å². The van der Waals surface area contributed by atoms with Gasteiger partial charge in [-0.1, -0.05) is 6.92 Å². The van der Waals surface area contributed by atoms with Crippen LogP contribution in [0.4, 0.5) is 0 Å². The minimum Gasteiger partial charge on any atom is -0.378 e. The summed E-state index contributed by atoms with van der Waals surface area (Å²) >= 11 is 0. The normalized spacial score (nSPS) is 16.2. The van der Waals surface area contributed by atoms with E-state index in [1.54, 1.807) is 12.4 Å². The third-order valence-corrected chi connectivity index (χ3v) is 2.75. The fraction of sp³-hybridized carbons (Fsp3) is 0.500. The SMILES string of the molecule is CCc1cncc(C(=O)N2CCOCC2)c1. The lowest BCUT2D eigenvalue weighted by molar-refractivity contribution is 0.0302. The molecule has 1 aromatic rings. The van der Waals surface area contributed by atoms with Gasteiger partial charge in [0.05, 0.1) is 18.8 Å². The van der Waals surface area contributed by atoms with E-state index >= 15 is 0 Å². The summed E-state index contributed by atoms with van der Waals surface area (Å²) in [5.41, 5.74) is 1.78. The number of ether oxygens (including phenoxy) is 1. The zero-order valence-corrected chi connectivity index (χ0v) is 9.48. The van der Waals surface area contributed by atoms with Crippen molar-refractivity contribution in [2.45, 2.75) is 13.3 Å². The molecular formula is C12H16N2O2. The molecule has 0 unspecified atom stereocenters. The number of pyridine rings is 1. The first kappa shape index (κ1) is 11.1. The molecule has 16 heavy (non-hydrogen) atoms. The van der Waals surface area contributed by atoms with Crippen molar-refractivity contribution in [2.24, 2.45) is 0 Å². The predicted molar refractivity (Wildman–Crippen MR) is 60.3 cm³/mol. The second-order valence-electron chi connectivity index (χ2n) is 3.84. The van der Waals surface area contributed by atoms with Crippen molar-refractivity contribution in [1.82, 2.24) is 9.88 Å². The highest BCUT2D eigenvalue weighted by atomic mass is 16.5. The standard InChI is InChI=1S/C12H16N2O2/c1-2-10-7-11(9-13-8-10)12(15)14-3-5-16-6-4-14/h7-9H,2-6H2,1H3. The van der Waals surface area contributed by atoms with Crippen LogP contribution in [0.25, 0.3) is 0 Å². The monoisotopic (exact) mass is 220 g/mol. The molecule has 1 aliphatic heterocycles. The molecule has 2 heterocycles. The molecule has 0 aliphatic carbocycles. The van der Waals surface area contributed by atoms with Crippen molar-refractivity contribution in [3.63, 3.8) is 0 Å². The highest BCUT2D eigenvalue weighted by Gasteiger charge is 2.18. The van der Waals surface area contributed by atoms with Crippen LogP contribution in [-0.2, 0) is 11.2 Å². The second-order valence-corrected chi connectivity index (χ2v) is 3.84. The largest absolute Gasteiger partial charge is 0.378 e. The Hall–Kier alpha value is -1.42. The van der Waals surface area contributed by atoms with E-state index in [0.717, 1.165) is 12.0 Å². The summed E-state index contributed by atoms with van der Waals surface area (Å²) in [7, 11) is 0. The smallest absolute Gasteiger partial charge is 0.255 e. The summed E-state index contributed by atoms with van der Waals surface area (Å²) in [5.74, 6) is 0.0612. The van der Waals surface area contributed by atoms with Crippen molar-refractivity contribution in [3.05, 3.63) is 29.6 Å². The maximum absolute atomic E-state index is 12.1. The van der Waals surface area contributed by atoms with Gasteiger partial charge in [0.15, 0.2) is 0 Å². The fourth-order valence-corrected chi connectivity index (χ4v) is 1.75. The molecule has 2 rings (SSSR count). The summed E-state index contributed by atoms with van der Waals surface area (Å²) < 4.78 is 5.22. The lowest BCUT2D eigenvalue weighted by Gasteiger charge is -2.26. The van der Waals surface area contributed by atoms with Gasteiger partial charge in [0, 0.05) is 25.5 Å². The maximum atomic E-state index is 12.1. The highest BCUT2D eigenvalue weighted by Crippen LogP contribution is 2.08. The number of amides is 1. The lowest BCUT2D eigenvalue weighted by Crippen LogP contribution is -2.40. The van der Waals surface area contributed by atoms with Gasteiger partial charge < -0.3 is 9.64 Å². The first-order valence-corrected chi connectivity index (χ1v) is 5.62. The van der Waals surface area contributed by atoms with E-state index in [-0.39, 0.29) is 5.91 Å². The van der Waals surface area contributed by atoms with Gasteiger partial charge >= 0.3 is 0 Å². The Morgan fingerprint density at radius 1 is 1.44 bits per heavy atom. The molecule has 4 nitrogen and oxygen atoms in total. The van der Waals surface area contributed by atoms with Crippen molar-refractivity contribution in [2.75, 3.05) is 26.3 Å². The first-order valence-electron chi connectivity index (χ1n) is 5.62. The van der Waals surface area contributed by atoms with Crippen molar-refractivity contribution >= 4 is 5.91 Å². The summed E-state index contributed by atoms with van der Waals surface area (Å²) in [6.45, 7) is 4.67. The molecule has 1 fully saturated rings. The summed E-state index contributed by atoms with van der Waals surface area (Å²) in [4.78, 5) is 18.0. The number of carbonyl (C=O) groups is 1. The number of morpholine rings is 1. The summed E-state index contributed by atoms with van der Waals surface area (Å²) in [6.07, 6.45) is 4.34. The van der Waals surface area contributed by atoms with E-state index in [4.69, 9.17) is 4.74 Å². The molecule has 0 spiro atoms. The summed E-state index contributed by atoms with van der Waals surface area (Å²) in [6, 6.07) is 1.92. The molecule has 1 saturated heterocycles. The fourth-order valence-electron chi connectivity index (χ4n) is 1.75. The van der Waals surface area contributed by atoms with E-state index in [2.05, 4.69) is 11.9 Å². The quantitative estimate of drug-likeness (QED) is 0.750. The number of hydrogen-bond donors (Lipinski definition) is 0. The number of rotatable bonds is 2. The third-order valence-electron chi connectivity index (χ3n) is 2.75. The molecule has 0 radical (unpaired) electrons. The number of carbonyl (C=O) groups excluding carboxylic acids is 1. The van der Waals surface area contributed by atoms with Crippen LogP contribution in [-0.4, -0.2) is 42.1 Å². The zero-order chi connectivity index (χ0) is 11.4. The van der Waals surface area contributed by atoms with Crippen molar-refractivity contribution < 1.29 is 9.53 Å². The van der Waals surface area contributed by atoms with E-state index in [0.29, 0.717) is 31.9 Å². The Bertz CT molecular complexity index is 373. The zero-order valence-electron chi connectivity index (χ0n) is 9.48. The van der Waals surface area contributed by atoms with Gasteiger partial charge in [-0.25, -0.2) is 0 Å². The van der Waals surface area contributed by atoms with Crippen molar-refractivity contribution in [1.29, 1.82) is 0 Å². The molecule has 1 aliphatic rings. The Kier molecular flexibility index (Phi) is 3.51. The number of nitrogens with zero attached hydrogens (tertiary/aromatic N) is 2. The Labute approximate surface area is 95.2 Å². The summed E-state index contributed by atoms with van der Waals surface area (Å²) in [5, 5.41) is 0. The van der Waals surface area contributed by atoms with Crippen LogP contribution >= 0.6 is 0 Å². The molecule has 0 atom stereocenters. The number of hydrogen-bond acceptors (Lipinski definition) is 3. The van der Waals surface area contributed by atoms with Crippen LogP contribution in [0, 0.1) is 0 Å². The number of aromatic nitrogens is 1. The molecule has 86 valence electrons. The predicted octanol–water partition coefficient (Wildman–Crippen LogP) is 1.12. The molecule has 1 aromatic heterocycles. The molecular weight excluding hydrogens is 204 g/mol.